The molecule has 1 aliphatic rings. The van der Waals surface area contributed by atoms with Gasteiger partial charge in [0.25, 0.3) is 0 Å². The Bertz CT molecular complexity index is 1540. The molecule has 0 saturated carbocycles. The number of hydrogen-bond donors (Lipinski definition) is 0. The van der Waals surface area contributed by atoms with E-state index in [9.17, 15) is 9.59 Å². The van der Waals surface area contributed by atoms with Gasteiger partial charge in [0.05, 0.1) is 0 Å². The number of carbonyl (C=O) groups is 2. The van der Waals surface area contributed by atoms with Crippen LogP contribution in [0.1, 0.15) is 77.7 Å². The summed E-state index contributed by atoms with van der Waals surface area (Å²) in [5, 5.41) is 3.92. The molecule has 0 aliphatic heterocycles. The maximum absolute atomic E-state index is 13.6. The molecule has 42 heavy (non-hydrogen) atoms. The number of guanidine groups is 1. The molecule has 1 amide bonds. The van der Waals surface area contributed by atoms with Gasteiger partial charge in [-0.15, -0.1) is 4.99 Å². The predicted molar refractivity (Wildman–Crippen MR) is 171 cm³/mol. The average Bonchev–Trinajstić information content (AvgIpc) is 3.22. The average molecular weight is 587 g/mol. The molecule has 8 heteroatoms. The zero-order valence-corrected chi connectivity index (χ0v) is 26.2. The van der Waals surface area contributed by atoms with E-state index in [0.717, 1.165) is 42.4 Å². The molecule has 0 unspecified atom stereocenters. The van der Waals surface area contributed by atoms with E-state index < -0.39 is 6.09 Å². The Morgan fingerprint density at radius 3 is 1.93 bits per heavy atom. The zero-order chi connectivity index (χ0) is 30.6. The fourth-order valence-electron chi connectivity index (χ4n) is 6.12. The van der Waals surface area contributed by atoms with Crippen LogP contribution in [0.25, 0.3) is 11.1 Å². The molecular formula is C34H39ClN4O3. The van der Waals surface area contributed by atoms with Gasteiger partial charge in [-0.3, -0.25) is 9.63 Å². The van der Waals surface area contributed by atoms with Crippen LogP contribution >= 0.6 is 11.6 Å². The standard InChI is InChI=1S/C34H39ClN4O3/c1-8-18-34(19-9-2)28-16-14-23(30(40)25-13-11-10-12-22(25)3)20-26(28)27-21-24(15-17-29(27)34)31(35)37-42-33(41)36-32(38(4)5)39(6)7/h10-17,20-21H,8-9,18-19H2,1-7H3/b37-31-. The van der Waals surface area contributed by atoms with E-state index in [0.29, 0.717) is 22.6 Å². The highest BCUT2D eigenvalue weighted by molar-refractivity contribution is 6.69. The Labute approximate surface area is 253 Å². The van der Waals surface area contributed by atoms with Crippen molar-refractivity contribution in [2.75, 3.05) is 28.2 Å². The summed E-state index contributed by atoms with van der Waals surface area (Å²) >= 11 is 6.56. The fourth-order valence-corrected chi connectivity index (χ4v) is 6.27. The highest BCUT2D eigenvalue weighted by Gasteiger charge is 2.42. The summed E-state index contributed by atoms with van der Waals surface area (Å²) in [5.41, 5.74) is 7.24. The minimum Gasteiger partial charge on any atom is -0.348 e. The van der Waals surface area contributed by atoms with Crippen LogP contribution in [-0.2, 0) is 10.3 Å². The number of halogens is 1. The maximum Gasteiger partial charge on any atom is 0.463 e. The van der Waals surface area contributed by atoms with Crippen LogP contribution in [0, 0.1) is 6.92 Å². The monoisotopic (exact) mass is 586 g/mol. The van der Waals surface area contributed by atoms with Crippen LogP contribution in [-0.4, -0.2) is 61.0 Å². The molecule has 0 bridgehead atoms. The van der Waals surface area contributed by atoms with Crippen molar-refractivity contribution in [1.29, 1.82) is 0 Å². The van der Waals surface area contributed by atoms with Crippen molar-refractivity contribution in [2.24, 2.45) is 10.1 Å². The first-order valence-electron chi connectivity index (χ1n) is 14.3. The van der Waals surface area contributed by atoms with Gasteiger partial charge in [-0.05, 0) is 59.7 Å². The number of aliphatic imine (C=N–C) groups is 1. The Balaban J connectivity index is 1.77. The van der Waals surface area contributed by atoms with Crippen LogP contribution in [0.4, 0.5) is 4.79 Å². The Hall–Kier alpha value is -3.97. The van der Waals surface area contributed by atoms with Gasteiger partial charge < -0.3 is 9.80 Å². The highest BCUT2D eigenvalue weighted by Crippen LogP contribution is 2.54. The first-order valence-corrected chi connectivity index (χ1v) is 14.7. The summed E-state index contributed by atoms with van der Waals surface area (Å²) < 4.78 is 0. The topological polar surface area (TPSA) is 74.6 Å². The molecule has 0 atom stereocenters. The van der Waals surface area contributed by atoms with Crippen LogP contribution in [0.3, 0.4) is 0 Å². The molecular weight excluding hydrogens is 548 g/mol. The third-order valence-electron chi connectivity index (χ3n) is 7.80. The smallest absolute Gasteiger partial charge is 0.348 e. The van der Waals surface area contributed by atoms with Gasteiger partial charge in [-0.2, -0.15) is 0 Å². The lowest BCUT2D eigenvalue weighted by molar-refractivity contribution is 0.103. The number of aryl methyl sites for hydroxylation is 1. The second-order valence-corrected chi connectivity index (χ2v) is 11.5. The molecule has 3 aromatic carbocycles. The number of ketones is 1. The molecule has 4 rings (SSSR count). The van der Waals surface area contributed by atoms with E-state index in [4.69, 9.17) is 16.4 Å². The molecule has 7 nitrogen and oxygen atoms in total. The van der Waals surface area contributed by atoms with Crippen molar-refractivity contribution in [1.82, 2.24) is 9.80 Å². The quantitative estimate of drug-likeness (QED) is 0.0892. The van der Waals surface area contributed by atoms with Gasteiger partial charge in [0, 0.05) is 50.3 Å². The van der Waals surface area contributed by atoms with Crippen LogP contribution < -0.4 is 0 Å². The molecule has 0 radical (unpaired) electrons. The van der Waals surface area contributed by atoms with Crippen molar-refractivity contribution in [3.63, 3.8) is 0 Å². The van der Waals surface area contributed by atoms with Crippen LogP contribution in [0.2, 0.25) is 0 Å². The number of benzene rings is 3. The highest BCUT2D eigenvalue weighted by atomic mass is 35.5. The summed E-state index contributed by atoms with van der Waals surface area (Å²) in [6.45, 7) is 6.37. The Morgan fingerprint density at radius 1 is 0.833 bits per heavy atom. The molecule has 1 aliphatic carbocycles. The first-order chi connectivity index (χ1) is 20.0. The largest absolute Gasteiger partial charge is 0.463 e. The van der Waals surface area contributed by atoms with Crippen molar-refractivity contribution in [3.05, 3.63) is 94.0 Å². The zero-order valence-electron chi connectivity index (χ0n) is 25.5. The fraction of sp³-hybridized carbons (Fsp3) is 0.353. The van der Waals surface area contributed by atoms with Gasteiger partial charge in [-0.25, -0.2) is 4.79 Å². The Kier molecular flexibility index (Phi) is 9.52. The lowest BCUT2D eigenvalue weighted by Crippen LogP contribution is -2.36. The number of amides is 1. The van der Waals surface area contributed by atoms with E-state index in [2.05, 4.69) is 36.1 Å². The number of carbonyl (C=O) groups excluding carboxylic acids is 2. The van der Waals surface area contributed by atoms with Crippen molar-refractivity contribution >= 4 is 34.6 Å². The molecule has 0 saturated heterocycles. The van der Waals surface area contributed by atoms with Gasteiger partial charge in [-0.1, -0.05) is 92.0 Å². The lowest BCUT2D eigenvalue weighted by Gasteiger charge is -2.32. The van der Waals surface area contributed by atoms with Crippen molar-refractivity contribution in [2.45, 2.75) is 51.9 Å². The second-order valence-electron chi connectivity index (χ2n) is 11.2. The van der Waals surface area contributed by atoms with Crippen LogP contribution in [0.5, 0.6) is 0 Å². The van der Waals surface area contributed by atoms with E-state index in [1.54, 1.807) is 38.0 Å². The van der Waals surface area contributed by atoms with E-state index >= 15 is 0 Å². The van der Waals surface area contributed by atoms with E-state index in [-0.39, 0.29) is 16.4 Å². The Morgan fingerprint density at radius 2 is 1.38 bits per heavy atom. The third kappa shape index (κ3) is 5.97. The summed E-state index contributed by atoms with van der Waals surface area (Å²) in [7, 11) is 7.12. The molecule has 0 N–H and O–H groups in total. The molecule has 0 spiro atoms. The summed E-state index contributed by atoms with van der Waals surface area (Å²) in [6, 6.07) is 19.8. The molecule has 220 valence electrons. The minimum absolute atomic E-state index is 0.000956. The number of fused-ring (bicyclic) bond motifs is 3. The predicted octanol–water partition coefficient (Wildman–Crippen LogP) is 7.61. The molecule has 3 aromatic rings. The SMILES string of the molecule is CCCC1(CCC)c2ccc(C(=O)c3ccccc3C)cc2-c2cc(/C(Cl)=N/OC(=O)N=C(N(C)C)N(C)C)ccc21. The summed E-state index contributed by atoms with van der Waals surface area (Å²) in [6.07, 6.45) is 3.14. The summed E-state index contributed by atoms with van der Waals surface area (Å²) in [5.74, 6) is 0.415. The van der Waals surface area contributed by atoms with Gasteiger partial charge in [0.15, 0.2) is 11.0 Å². The molecule has 0 fully saturated rings. The van der Waals surface area contributed by atoms with Crippen LogP contribution in [0.15, 0.2) is 70.8 Å². The first kappa shape index (κ1) is 31.0. The number of rotatable bonds is 8. The lowest BCUT2D eigenvalue weighted by atomic mass is 9.71. The normalized spacial score (nSPS) is 13.2. The van der Waals surface area contributed by atoms with Gasteiger partial charge in [0.1, 0.15) is 0 Å². The van der Waals surface area contributed by atoms with E-state index in [1.165, 1.54) is 11.1 Å². The number of hydrogen-bond acceptors (Lipinski definition) is 4. The van der Waals surface area contributed by atoms with Gasteiger partial charge >= 0.3 is 6.09 Å². The minimum atomic E-state index is -0.874. The summed E-state index contributed by atoms with van der Waals surface area (Å²) in [4.78, 5) is 38.3. The third-order valence-corrected chi connectivity index (χ3v) is 8.09. The number of oxime groups is 1. The molecule has 0 heterocycles. The molecule has 0 aromatic heterocycles. The van der Waals surface area contributed by atoms with Gasteiger partial charge in [0.2, 0.25) is 5.96 Å². The second kappa shape index (κ2) is 12.9. The van der Waals surface area contributed by atoms with Crippen molar-refractivity contribution in [3.8, 4) is 11.1 Å². The van der Waals surface area contributed by atoms with Crippen molar-refractivity contribution < 1.29 is 14.4 Å². The number of nitrogens with zero attached hydrogens (tertiary/aromatic N) is 4. The maximum atomic E-state index is 13.6. The van der Waals surface area contributed by atoms with E-state index in [1.807, 2.05) is 55.5 Å².